The van der Waals surface area contributed by atoms with Crippen LogP contribution in [0.4, 0.5) is 0 Å². The molecule has 0 amide bonds. The van der Waals surface area contributed by atoms with Crippen molar-refractivity contribution in [1.29, 1.82) is 0 Å². The number of aliphatic hydroxyl groups excluding tert-OH is 1. The van der Waals surface area contributed by atoms with Gasteiger partial charge in [-0.3, -0.25) is 0 Å². The lowest BCUT2D eigenvalue weighted by Gasteiger charge is -2.14. The predicted octanol–water partition coefficient (Wildman–Crippen LogP) is 2.37. The van der Waals surface area contributed by atoms with Gasteiger partial charge in [0.25, 0.3) is 0 Å². The highest BCUT2D eigenvalue weighted by Crippen LogP contribution is 2.17. The molecule has 2 N–H and O–H groups in total. The van der Waals surface area contributed by atoms with Crippen molar-refractivity contribution in [2.45, 2.75) is 20.0 Å². The number of rotatable bonds is 8. The minimum atomic E-state index is -0.601. The van der Waals surface area contributed by atoms with E-state index in [0.717, 1.165) is 10.2 Å². The molecule has 1 aromatic rings. The molecule has 0 saturated heterocycles. The molecular weight excluding hydrogens is 298 g/mol. The molecule has 0 aliphatic heterocycles. The zero-order valence-electron chi connectivity index (χ0n) is 10.7. The molecule has 1 unspecified atom stereocenters. The van der Waals surface area contributed by atoms with Crippen LogP contribution in [0.3, 0.4) is 0 Å². The highest BCUT2D eigenvalue weighted by atomic mass is 79.9. The normalized spacial score (nSPS) is 12.7. The molecule has 0 fully saturated rings. The third-order valence-electron chi connectivity index (χ3n) is 2.08. The summed E-state index contributed by atoms with van der Waals surface area (Å²) in [6.45, 7) is 5.33. The Kier molecular flexibility index (Phi) is 7.27. The third kappa shape index (κ3) is 6.96. The minimum Gasteiger partial charge on any atom is -0.491 e. The molecule has 0 aliphatic carbocycles. The van der Waals surface area contributed by atoms with E-state index >= 15 is 0 Å². The van der Waals surface area contributed by atoms with Crippen molar-refractivity contribution >= 4 is 15.9 Å². The van der Waals surface area contributed by atoms with E-state index < -0.39 is 6.10 Å². The first-order valence-electron chi connectivity index (χ1n) is 5.99. The average Bonchev–Trinajstić information content (AvgIpc) is 2.32. The van der Waals surface area contributed by atoms with E-state index in [0.29, 0.717) is 19.1 Å². The molecule has 1 rings (SSSR count). The van der Waals surface area contributed by atoms with Gasteiger partial charge in [0.1, 0.15) is 18.5 Å². The molecule has 5 heteroatoms. The summed E-state index contributed by atoms with van der Waals surface area (Å²) in [6.07, 6.45) is -0.601. The van der Waals surface area contributed by atoms with Crippen molar-refractivity contribution in [3.8, 4) is 5.75 Å². The van der Waals surface area contributed by atoms with Gasteiger partial charge in [-0.25, -0.2) is 0 Å². The van der Waals surface area contributed by atoms with Crippen LogP contribution in [0.15, 0.2) is 28.7 Å². The average molecular weight is 318 g/mol. The van der Waals surface area contributed by atoms with E-state index in [4.69, 9.17) is 9.57 Å². The summed E-state index contributed by atoms with van der Waals surface area (Å²) < 4.78 is 6.40. The van der Waals surface area contributed by atoms with Crippen molar-refractivity contribution < 1.29 is 14.7 Å². The van der Waals surface area contributed by atoms with E-state index in [2.05, 4.69) is 35.3 Å². The summed E-state index contributed by atoms with van der Waals surface area (Å²) in [6, 6.07) is 7.51. The van der Waals surface area contributed by atoms with E-state index in [1.807, 2.05) is 24.3 Å². The van der Waals surface area contributed by atoms with Crippen LogP contribution in [-0.4, -0.2) is 31.0 Å². The Morgan fingerprint density at radius 3 is 2.78 bits per heavy atom. The second kappa shape index (κ2) is 8.48. The van der Waals surface area contributed by atoms with Gasteiger partial charge in [0, 0.05) is 4.47 Å². The molecule has 0 saturated carbocycles. The smallest absolute Gasteiger partial charge is 0.120 e. The topological polar surface area (TPSA) is 50.7 Å². The van der Waals surface area contributed by atoms with Crippen molar-refractivity contribution in [3.05, 3.63) is 28.7 Å². The van der Waals surface area contributed by atoms with E-state index in [9.17, 15) is 5.11 Å². The molecule has 0 aliphatic rings. The largest absolute Gasteiger partial charge is 0.491 e. The van der Waals surface area contributed by atoms with Gasteiger partial charge < -0.3 is 14.7 Å². The summed E-state index contributed by atoms with van der Waals surface area (Å²) in [5, 5.41) is 9.67. The second-order valence-electron chi connectivity index (χ2n) is 4.48. The predicted molar refractivity (Wildman–Crippen MR) is 74.4 cm³/mol. The van der Waals surface area contributed by atoms with Gasteiger partial charge in [0.2, 0.25) is 0 Å². The highest BCUT2D eigenvalue weighted by molar-refractivity contribution is 9.10. The lowest BCUT2D eigenvalue weighted by Crippen LogP contribution is -2.32. The number of benzene rings is 1. The first kappa shape index (κ1) is 15.4. The summed E-state index contributed by atoms with van der Waals surface area (Å²) >= 11 is 3.36. The van der Waals surface area contributed by atoms with Crippen LogP contribution in [0, 0.1) is 5.92 Å². The van der Waals surface area contributed by atoms with Gasteiger partial charge in [-0.2, -0.15) is 5.48 Å². The van der Waals surface area contributed by atoms with E-state index in [-0.39, 0.29) is 6.61 Å². The Morgan fingerprint density at radius 2 is 2.11 bits per heavy atom. The van der Waals surface area contributed by atoms with Crippen LogP contribution < -0.4 is 10.2 Å². The Bertz CT molecular complexity index is 347. The van der Waals surface area contributed by atoms with Gasteiger partial charge >= 0.3 is 0 Å². The highest BCUT2D eigenvalue weighted by Gasteiger charge is 2.05. The molecule has 0 spiro atoms. The zero-order valence-corrected chi connectivity index (χ0v) is 12.3. The number of hydrogen-bond donors (Lipinski definition) is 2. The van der Waals surface area contributed by atoms with E-state index in [1.165, 1.54) is 0 Å². The van der Waals surface area contributed by atoms with Crippen molar-refractivity contribution in [2.75, 3.05) is 19.8 Å². The Hall–Kier alpha value is -0.620. The minimum absolute atomic E-state index is 0.231. The fourth-order valence-corrected chi connectivity index (χ4v) is 1.57. The Balaban J connectivity index is 2.15. The molecular formula is C13H20BrNO3. The molecule has 1 atom stereocenters. The number of ether oxygens (including phenoxy) is 1. The van der Waals surface area contributed by atoms with Gasteiger partial charge in [0.05, 0.1) is 13.2 Å². The molecule has 4 nitrogen and oxygen atoms in total. The van der Waals surface area contributed by atoms with Gasteiger partial charge in [-0.1, -0.05) is 35.8 Å². The Morgan fingerprint density at radius 1 is 1.33 bits per heavy atom. The quantitative estimate of drug-likeness (QED) is 0.571. The first-order valence-corrected chi connectivity index (χ1v) is 6.78. The molecule has 0 heterocycles. The van der Waals surface area contributed by atoms with E-state index in [1.54, 1.807) is 0 Å². The summed E-state index contributed by atoms with van der Waals surface area (Å²) in [7, 11) is 0. The number of halogens is 1. The lowest BCUT2D eigenvalue weighted by molar-refractivity contribution is -0.00773. The second-order valence-corrected chi connectivity index (χ2v) is 5.39. The van der Waals surface area contributed by atoms with Crippen molar-refractivity contribution in [3.63, 3.8) is 0 Å². The van der Waals surface area contributed by atoms with Crippen LogP contribution in [-0.2, 0) is 4.84 Å². The summed E-state index contributed by atoms with van der Waals surface area (Å²) in [5.74, 6) is 1.19. The maximum absolute atomic E-state index is 9.67. The number of hydroxylamine groups is 1. The lowest BCUT2D eigenvalue weighted by atomic mass is 10.2. The number of aliphatic hydroxyl groups is 1. The number of hydrogen-bond acceptors (Lipinski definition) is 4. The molecule has 18 heavy (non-hydrogen) atoms. The molecule has 1 aromatic carbocycles. The van der Waals surface area contributed by atoms with Gasteiger partial charge in [-0.05, 0) is 24.1 Å². The maximum atomic E-state index is 9.67. The van der Waals surface area contributed by atoms with Crippen molar-refractivity contribution in [1.82, 2.24) is 5.48 Å². The Labute approximate surface area is 116 Å². The van der Waals surface area contributed by atoms with Crippen LogP contribution in [0.2, 0.25) is 0 Å². The SMILES string of the molecule is CC(C)CONCC(O)COc1cccc(Br)c1. The summed E-state index contributed by atoms with van der Waals surface area (Å²) in [4.78, 5) is 5.16. The maximum Gasteiger partial charge on any atom is 0.120 e. The fraction of sp³-hybridized carbons (Fsp3) is 0.538. The van der Waals surface area contributed by atoms with Crippen LogP contribution in [0.1, 0.15) is 13.8 Å². The van der Waals surface area contributed by atoms with Crippen LogP contribution in [0.5, 0.6) is 5.75 Å². The van der Waals surface area contributed by atoms with Crippen molar-refractivity contribution in [2.24, 2.45) is 5.92 Å². The van der Waals surface area contributed by atoms with Crippen LogP contribution in [0.25, 0.3) is 0 Å². The zero-order chi connectivity index (χ0) is 13.4. The fourth-order valence-electron chi connectivity index (χ4n) is 1.19. The third-order valence-corrected chi connectivity index (χ3v) is 2.57. The molecule has 0 bridgehead atoms. The molecule has 0 radical (unpaired) electrons. The van der Waals surface area contributed by atoms with Gasteiger partial charge in [-0.15, -0.1) is 0 Å². The molecule has 0 aromatic heterocycles. The first-order chi connectivity index (χ1) is 8.58. The monoisotopic (exact) mass is 317 g/mol. The molecule has 102 valence electrons. The number of nitrogens with one attached hydrogen (secondary N) is 1. The standard InChI is InChI=1S/C13H20BrNO3/c1-10(2)8-18-15-7-12(16)9-17-13-5-3-4-11(14)6-13/h3-6,10,12,15-16H,7-9H2,1-2H3. The summed E-state index contributed by atoms with van der Waals surface area (Å²) in [5.41, 5.74) is 2.72. The van der Waals surface area contributed by atoms with Gasteiger partial charge in [0.15, 0.2) is 0 Å². The van der Waals surface area contributed by atoms with Crippen LogP contribution >= 0.6 is 15.9 Å².